The third-order valence-corrected chi connectivity index (χ3v) is 5.12. The molecule has 1 saturated heterocycles. The minimum atomic E-state index is -0.758. The summed E-state index contributed by atoms with van der Waals surface area (Å²) in [4.78, 5) is 11.7. The number of hydrogen-bond donors (Lipinski definition) is 1. The molecule has 2 saturated carbocycles. The third kappa shape index (κ3) is 1.50. The highest BCUT2D eigenvalue weighted by atomic mass is 16.6. The van der Waals surface area contributed by atoms with E-state index in [1.54, 1.807) is 0 Å². The minimum absolute atomic E-state index is 0.0132. The van der Waals surface area contributed by atoms with Gasteiger partial charge in [0.15, 0.2) is 0 Å². The number of aliphatic hydroxyl groups is 1. The number of carbonyl (C=O) groups excluding carboxylic acids is 1. The van der Waals surface area contributed by atoms with Gasteiger partial charge in [-0.05, 0) is 38.5 Å². The Balaban J connectivity index is 2.02. The molecule has 0 spiro atoms. The molecule has 98 valence electrons. The summed E-state index contributed by atoms with van der Waals surface area (Å²) in [6.45, 7) is 9.90. The molecule has 0 radical (unpaired) electrons. The monoisotopic (exact) mass is 248 g/mol. The lowest BCUT2D eigenvalue weighted by Crippen LogP contribution is -2.42. The Labute approximate surface area is 108 Å². The first kappa shape index (κ1) is 12.0. The fraction of sp³-hybridized carbons (Fsp3) is 0.667. The van der Waals surface area contributed by atoms with Crippen molar-refractivity contribution < 1.29 is 14.6 Å². The molecule has 3 aliphatic rings. The molecule has 3 heteroatoms. The summed E-state index contributed by atoms with van der Waals surface area (Å²) in [7, 11) is 0. The van der Waals surface area contributed by atoms with Gasteiger partial charge in [-0.3, -0.25) is 0 Å². The highest BCUT2D eigenvalue weighted by Gasteiger charge is 2.56. The SMILES string of the molecule is C=C1CC[C@H]2C(=C)C(=O)O[C@@H]2C2[C@H]1CCC2(C)O. The molecule has 2 aliphatic carbocycles. The Morgan fingerprint density at radius 2 is 2.06 bits per heavy atom. The van der Waals surface area contributed by atoms with E-state index >= 15 is 0 Å². The smallest absolute Gasteiger partial charge is 0.334 e. The van der Waals surface area contributed by atoms with E-state index in [2.05, 4.69) is 13.2 Å². The van der Waals surface area contributed by atoms with Gasteiger partial charge in [-0.2, -0.15) is 0 Å². The molecule has 0 amide bonds. The molecule has 18 heavy (non-hydrogen) atoms. The van der Waals surface area contributed by atoms with Crippen LogP contribution in [-0.2, 0) is 9.53 Å². The number of allylic oxidation sites excluding steroid dienone is 1. The summed E-state index contributed by atoms with van der Waals surface area (Å²) in [6.07, 6.45) is 3.29. The first-order chi connectivity index (χ1) is 8.42. The van der Waals surface area contributed by atoms with Gasteiger partial charge in [-0.15, -0.1) is 0 Å². The third-order valence-electron chi connectivity index (χ3n) is 5.12. The molecule has 1 heterocycles. The molecule has 2 unspecified atom stereocenters. The number of ether oxygens (including phenoxy) is 1. The lowest BCUT2D eigenvalue weighted by Gasteiger charge is -2.34. The molecule has 3 nitrogen and oxygen atoms in total. The predicted octanol–water partition coefficient (Wildman–Crippen LogP) is 2.21. The maximum Gasteiger partial charge on any atom is 0.334 e. The van der Waals surface area contributed by atoms with E-state index < -0.39 is 5.60 Å². The van der Waals surface area contributed by atoms with Crippen LogP contribution in [0, 0.1) is 17.8 Å². The van der Waals surface area contributed by atoms with Gasteiger partial charge in [-0.1, -0.05) is 18.7 Å². The van der Waals surface area contributed by atoms with Crippen LogP contribution in [-0.4, -0.2) is 22.8 Å². The van der Waals surface area contributed by atoms with Crippen LogP contribution in [0.25, 0.3) is 0 Å². The zero-order chi connectivity index (χ0) is 13.1. The van der Waals surface area contributed by atoms with E-state index in [1.807, 2.05) is 6.92 Å². The Morgan fingerprint density at radius 1 is 1.33 bits per heavy atom. The molecule has 3 fully saturated rings. The highest BCUT2D eigenvalue weighted by Crippen LogP contribution is 2.53. The molecule has 1 aliphatic heterocycles. The Bertz CT molecular complexity index is 435. The topological polar surface area (TPSA) is 46.5 Å². The van der Waals surface area contributed by atoms with Gasteiger partial charge in [0.25, 0.3) is 0 Å². The van der Waals surface area contributed by atoms with Crippen molar-refractivity contribution in [3.63, 3.8) is 0 Å². The van der Waals surface area contributed by atoms with Gasteiger partial charge in [0.2, 0.25) is 0 Å². The quantitative estimate of drug-likeness (QED) is 0.406. The second-order valence-corrected chi connectivity index (χ2v) is 6.23. The summed E-state index contributed by atoms with van der Waals surface area (Å²) >= 11 is 0. The average molecular weight is 248 g/mol. The normalized spacial score (nSPS) is 47.6. The van der Waals surface area contributed by atoms with Crippen molar-refractivity contribution in [3.8, 4) is 0 Å². The average Bonchev–Trinajstić information content (AvgIpc) is 2.69. The van der Waals surface area contributed by atoms with Gasteiger partial charge in [-0.25, -0.2) is 4.79 Å². The molecule has 0 bridgehead atoms. The number of rotatable bonds is 0. The van der Waals surface area contributed by atoms with E-state index in [0.717, 1.165) is 25.7 Å². The lowest BCUT2D eigenvalue weighted by atomic mass is 9.77. The standard InChI is InChI=1S/C15H20O3/c1-8-4-5-11-9(2)14(16)18-13(11)12-10(8)6-7-15(12,3)17/h10-13,17H,1-2,4-7H2,3H3/t10-,11-,12?,13-,15?/m0/s1. The number of carbonyl (C=O) groups is 1. The van der Waals surface area contributed by atoms with Crippen molar-refractivity contribution in [2.45, 2.75) is 44.3 Å². The van der Waals surface area contributed by atoms with Gasteiger partial charge in [0.05, 0.1) is 5.60 Å². The summed E-state index contributed by atoms with van der Waals surface area (Å²) < 4.78 is 5.52. The van der Waals surface area contributed by atoms with Gasteiger partial charge >= 0.3 is 5.97 Å². The molecule has 0 aromatic heterocycles. The fourth-order valence-electron chi connectivity index (χ4n) is 4.09. The molecule has 3 rings (SSSR count). The van der Waals surface area contributed by atoms with E-state index in [1.165, 1.54) is 5.57 Å². The first-order valence-electron chi connectivity index (χ1n) is 6.71. The van der Waals surface area contributed by atoms with Gasteiger partial charge in [0, 0.05) is 17.4 Å². The fourth-order valence-corrected chi connectivity index (χ4v) is 4.09. The zero-order valence-corrected chi connectivity index (χ0v) is 10.8. The van der Waals surface area contributed by atoms with Crippen LogP contribution in [0.3, 0.4) is 0 Å². The van der Waals surface area contributed by atoms with Crippen molar-refractivity contribution in [1.29, 1.82) is 0 Å². The number of esters is 1. The lowest BCUT2D eigenvalue weighted by molar-refractivity contribution is -0.146. The second kappa shape index (κ2) is 3.70. The van der Waals surface area contributed by atoms with Crippen LogP contribution in [0.1, 0.15) is 32.6 Å². The zero-order valence-electron chi connectivity index (χ0n) is 10.8. The van der Waals surface area contributed by atoms with Gasteiger partial charge < -0.3 is 9.84 Å². The molecule has 0 aromatic carbocycles. The van der Waals surface area contributed by atoms with Crippen molar-refractivity contribution >= 4 is 5.97 Å². The van der Waals surface area contributed by atoms with Crippen molar-refractivity contribution in [1.82, 2.24) is 0 Å². The van der Waals surface area contributed by atoms with Crippen LogP contribution in [0.2, 0.25) is 0 Å². The van der Waals surface area contributed by atoms with Crippen LogP contribution < -0.4 is 0 Å². The molecule has 5 atom stereocenters. The van der Waals surface area contributed by atoms with E-state index in [0.29, 0.717) is 5.57 Å². The van der Waals surface area contributed by atoms with Crippen molar-refractivity contribution in [2.75, 3.05) is 0 Å². The van der Waals surface area contributed by atoms with E-state index in [-0.39, 0.29) is 29.8 Å². The molecule has 0 aromatic rings. The Hall–Kier alpha value is -1.09. The maximum atomic E-state index is 11.7. The Morgan fingerprint density at radius 3 is 2.78 bits per heavy atom. The molecule has 1 N–H and O–H groups in total. The minimum Gasteiger partial charge on any atom is -0.458 e. The second-order valence-electron chi connectivity index (χ2n) is 6.23. The summed E-state index contributed by atoms with van der Waals surface area (Å²) in [5, 5.41) is 10.6. The highest BCUT2D eigenvalue weighted by molar-refractivity contribution is 5.90. The summed E-state index contributed by atoms with van der Waals surface area (Å²) in [5.74, 6) is 0.0576. The molecular formula is C15H20O3. The number of hydrogen-bond acceptors (Lipinski definition) is 3. The summed E-state index contributed by atoms with van der Waals surface area (Å²) in [5.41, 5.74) is 1.03. The van der Waals surface area contributed by atoms with Crippen molar-refractivity contribution in [3.05, 3.63) is 24.3 Å². The predicted molar refractivity (Wildman–Crippen MR) is 67.7 cm³/mol. The van der Waals surface area contributed by atoms with Gasteiger partial charge in [0.1, 0.15) is 6.10 Å². The first-order valence-corrected chi connectivity index (χ1v) is 6.71. The largest absolute Gasteiger partial charge is 0.458 e. The van der Waals surface area contributed by atoms with Crippen molar-refractivity contribution in [2.24, 2.45) is 17.8 Å². The summed E-state index contributed by atoms with van der Waals surface area (Å²) in [6, 6.07) is 0. The van der Waals surface area contributed by atoms with Crippen LogP contribution in [0.4, 0.5) is 0 Å². The Kier molecular flexibility index (Phi) is 2.46. The maximum absolute atomic E-state index is 11.7. The van der Waals surface area contributed by atoms with E-state index in [9.17, 15) is 9.90 Å². The van der Waals surface area contributed by atoms with Crippen LogP contribution in [0.15, 0.2) is 24.3 Å². The van der Waals surface area contributed by atoms with Crippen LogP contribution in [0.5, 0.6) is 0 Å². The molecular weight excluding hydrogens is 228 g/mol. The van der Waals surface area contributed by atoms with Crippen LogP contribution >= 0.6 is 0 Å². The van der Waals surface area contributed by atoms with E-state index in [4.69, 9.17) is 4.74 Å². The number of fused-ring (bicyclic) bond motifs is 3.